The number of ether oxygens (including phenoxy) is 2. The van der Waals surface area contributed by atoms with E-state index >= 15 is 0 Å². The Balaban J connectivity index is 2.36. The van der Waals surface area contributed by atoms with E-state index in [1.807, 2.05) is 50.2 Å². The molecule has 0 aromatic heterocycles. The molecule has 4 nitrogen and oxygen atoms in total. The molecule has 0 aliphatic heterocycles. The molecule has 0 radical (unpaired) electrons. The van der Waals surface area contributed by atoms with Crippen molar-refractivity contribution in [2.75, 3.05) is 0 Å². The van der Waals surface area contributed by atoms with E-state index in [0.717, 1.165) is 33.4 Å². The van der Waals surface area contributed by atoms with E-state index in [-0.39, 0.29) is 0 Å². The SMILES string of the molecule is C=C(C)Cc1cc(Cc2ccc(OC(=O)C(=C)C)c(CC(=C)C)c2)ccc1OC(=O)C(=C)C. The van der Waals surface area contributed by atoms with Gasteiger partial charge in [0.05, 0.1) is 0 Å². The number of hydrogen-bond acceptors (Lipinski definition) is 4. The molecule has 4 heteroatoms. The molecule has 2 aromatic carbocycles. The van der Waals surface area contributed by atoms with Crippen molar-refractivity contribution in [1.82, 2.24) is 0 Å². The first-order valence-electron chi connectivity index (χ1n) is 10.7. The van der Waals surface area contributed by atoms with E-state index < -0.39 is 11.9 Å². The molecule has 0 saturated carbocycles. The summed E-state index contributed by atoms with van der Waals surface area (Å²) in [6.45, 7) is 22.4. The van der Waals surface area contributed by atoms with Gasteiger partial charge in [0.1, 0.15) is 11.5 Å². The van der Waals surface area contributed by atoms with Gasteiger partial charge in [-0.25, -0.2) is 9.59 Å². The third-order valence-corrected chi connectivity index (χ3v) is 4.74. The summed E-state index contributed by atoms with van der Waals surface area (Å²) >= 11 is 0. The van der Waals surface area contributed by atoms with Crippen LogP contribution in [-0.2, 0) is 28.9 Å². The van der Waals surface area contributed by atoms with E-state index in [9.17, 15) is 9.59 Å². The molecule has 172 valence electrons. The summed E-state index contributed by atoms with van der Waals surface area (Å²) in [6, 6.07) is 11.6. The molecular formula is C29H32O4. The molecule has 33 heavy (non-hydrogen) atoms. The van der Waals surface area contributed by atoms with Crippen molar-refractivity contribution < 1.29 is 19.1 Å². The summed E-state index contributed by atoms with van der Waals surface area (Å²) in [5.74, 6) is 0.129. The minimum absolute atomic E-state index is 0.345. The molecule has 0 heterocycles. The largest absolute Gasteiger partial charge is 0.423 e. The Morgan fingerprint density at radius 3 is 1.33 bits per heavy atom. The molecule has 0 atom stereocenters. The zero-order valence-electron chi connectivity index (χ0n) is 20.0. The third-order valence-electron chi connectivity index (χ3n) is 4.74. The first-order valence-corrected chi connectivity index (χ1v) is 10.7. The van der Waals surface area contributed by atoms with Gasteiger partial charge < -0.3 is 9.47 Å². The van der Waals surface area contributed by atoms with Gasteiger partial charge in [-0.15, -0.1) is 0 Å². The number of allylic oxidation sites excluding steroid dienone is 2. The highest BCUT2D eigenvalue weighted by Crippen LogP contribution is 2.28. The maximum Gasteiger partial charge on any atom is 0.338 e. The van der Waals surface area contributed by atoms with Crippen LogP contribution in [0.1, 0.15) is 49.9 Å². The quantitative estimate of drug-likeness (QED) is 0.182. The van der Waals surface area contributed by atoms with Gasteiger partial charge in [-0.3, -0.25) is 0 Å². The van der Waals surface area contributed by atoms with E-state index in [0.29, 0.717) is 41.9 Å². The fourth-order valence-electron chi connectivity index (χ4n) is 3.22. The summed E-state index contributed by atoms with van der Waals surface area (Å²) in [7, 11) is 0. The molecule has 0 unspecified atom stereocenters. The van der Waals surface area contributed by atoms with Crippen LogP contribution in [0, 0.1) is 0 Å². The first-order chi connectivity index (χ1) is 15.5. The van der Waals surface area contributed by atoms with Gasteiger partial charge in [-0.05, 0) is 81.3 Å². The number of carbonyl (C=O) groups excluding carboxylic acids is 2. The Morgan fingerprint density at radius 1 is 0.667 bits per heavy atom. The highest BCUT2D eigenvalue weighted by molar-refractivity contribution is 5.89. The molecule has 0 amide bonds. The third kappa shape index (κ3) is 7.76. The van der Waals surface area contributed by atoms with Gasteiger partial charge in [0.25, 0.3) is 0 Å². The van der Waals surface area contributed by atoms with Gasteiger partial charge in [-0.1, -0.05) is 61.7 Å². The van der Waals surface area contributed by atoms with E-state index in [1.54, 1.807) is 13.8 Å². The molecule has 0 N–H and O–H groups in total. The zero-order valence-corrected chi connectivity index (χ0v) is 20.0. The number of esters is 2. The molecule has 0 aliphatic rings. The number of hydrogen-bond donors (Lipinski definition) is 0. The van der Waals surface area contributed by atoms with Crippen molar-refractivity contribution in [1.29, 1.82) is 0 Å². The topological polar surface area (TPSA) is 52.6 Å². The lowest BCUT2D eigenvalue weighted by Gasteiger charge is -2.14. The Bertz CT molecular complexity index is 1040. The monoisotopic (exact) mass is 444 g/mol. The van der Waals surface area contributed by atoms with Crippen molar-refractivity contribution in [3.8, 4) is 11.5 Å². The number of rotatable bonds is 10. The maximum absolute atomic E-state index is 12.0. The van der Waals surface area contributed by atoms with Crippen LogP contribution in [0.5, 0.6) is 11.5 Å². The molecule has 2 rings (SSSR count). The number of benzene rings is 2. The van der Waals surface area contributed by atoms with E-state index in [2.05, 4.69) is 26.3 Å². The molecule has 0 fully saturated rings. The normalized spacial score (nSPS) is 10.3. The molecule has 0 spiro atoms. The lowest BCUT2D eigenvalue weighted by molar-refractivity contribution is -0.131. The van der Waals surface area contributed by atoms with Crippen LogP contribution in [0.4, 0.5) is 0 Å². The van der Waals surface area contributed by atoms with E-state index in [4.69, 9.17) is 9.47 Å². The smallest absolute Gasteiger partial charge is 0.338 e. The predicted molar refractivity (Wildman–Crippen MR) is 134 cm³/mol. The minimum atomic E-state index is -0.449. The summed E-state index contributed by atoms with van der Waals surface area (Å²) in [5, 5.41) is 0. The molecule has 0 bridgehead atoms. The second-order valence-electron chi connectivity index (χ2n) is 8.67. The molecule has 0 saturated heterocycles. The fraction of sp³-hybridized carbons (Fsp3) is 0.241. The highest BCUT2D eigenvalue weighted by Gasteiger charge is 2.14. The van der Waals surface area contributed by atoms with Crippen molar-refractivity contribution in [3.05, 3.63) is 107 Å². The molecule has 2 aromatic rings. The van der Waals surface area contributed by atoms with Crippen LogP contribution < -0.4 is 9.47 Å². The highest BCUT2D eigenvalue weighted by atomic mass is 16.5. The first kappa shape index (κ1) is 25.6. The second kappa shape index (κ2) is 11.3. The van der Waals surface area contributed by atoms with Crippen LogP contribution in [0.25, 0.3) is 0 Å². The van der Waals surface area contributed by atoms with Crippen molar-refractivity contribution >= 4 is 11.9 Å². The Morgan fingerprint density at radius 2 is 1.03 bits per heavy atom. The maximum atomic E-state index is 12.0. The van der Waals surface area contributed by atoms with Crippen LogP contribution >= 0.6 is 0 Å². The van der Waals surface area contributed by atoms with Gasteiger partial charge in [-0.2, -0.15) is 0 Å². The van der Waals surface area contributed by atoms with Gasteiger partial charge >= 0.3 is 11.9 Å². The summed E-state index contributed by atoms with van der Waals surface area (Å²) < 4.78 is 11.0. The Labute approximate surface area is 196 Å². The lowest BCUT2D eigenvalue weighted by Crippen LogP contribution is -2.10. The summed E-state index contributed by atoms with van der Waals surface area (Å²) in [6.07, 6.45) is 1.86. The van der Waals surface area contributed by atoms with Crippen molar-refractivity contribution in [2.45, 2.75) is 47.0 Å². The van der Waals surface area contributed by atoms with Gasteiger partial charge in [0, 0.05) is 11.1 Å². The Hall–Kier alpha value is -3.66. The second-order valence-corrected chi connectivity index (χ2v) is 8.67. The van der Waals surface area contributed by atoms with Crippen molar-refractivity contribution in [2.24, 2.45) is 0 Å². The average Bonchev–Trinajstić information content (AvgIpc) is 2.70. The summed E-state index contributed by atoms with van der Waals surface area (Å²) in [5.41, 5.74) is 6.53. The predicted octanol–water partition coefficient (Wildman–Crippen LogP) is 6.48. The minimum Gasteiger partial charge on any atom is -0.423 e. The van der Waals surface area contributed by atoms with Crippen LogP contribution in [0.15, 0.2) is 85.0 Å². The fourth-order valence-corrected chi connectivity index (χ4v) is 3.22. The average molecular weight is 445 g/mol. The summed E-state index contributed by atoms with van der Waals surface area (Å²) in [4.78, 5) is 24.0. The van der Waals surface area contributed by atoms with E-state index in [1.165, 1.54) is 0 Å². The Kier molecular flexibility index (Phi) is 8.75. The standard InChI is InChI=1S/C29H32O4/c1-18(2)13-24-16-22(9-11-26(24)32-28(30)20(5)6)15-23-10-12-27(33-29(31)21(7)8)25(17-23)14-19(3)4/h9-12,16-17H,1,3,5,7,13-15H2,2,4,6,8H3. The molecular weight excluding hydrogens is 412 g/mol. The van der Waals surface area contributed by atoms with Crippen molar-refractivity contribution in [3.63, 3.8) is 0 Å². The van der Waals surface area contributed by atoms with Crippen LogP contribution in [0.3, 0.4) is 0 Å². The lowest BCUT2D eigenvalue weighted by atomic mass is 9.96. The molecule has 0 aliphatic carbocycles. The van der Waals surface area contributed by atoms with Crippen LogP contribution in [-0.4, -0.2) is 11.9 Å². The van der Waals surface area contributed by atoms with Gasteiger partial charge in [0.2, 0.25) is 0 Å². The van der Waals surface area contributed by atoms with Crippen LogP contribution in [0.2, 0.25) is 0 Å². The number of carbonyl (C=O) groups is 2. The van der Waals surface area contributed by atoms with Gasteiger partial charge in [0.15, 0.2) is 0 Å². The zero-order chi connectivity index (χ0) is 24.7.